The summed E-state index contributed by atoms with van der Waals surface area (Å²) in [5.41, 5.74) is 1.84. The van der Waals surface area contributed by atoms with Gasteiger partial charge in [-0.3, -0.25) is 9.36 Å². The first-order valence-electron chi connectivity index (χ1n) is 8.52. The van der Waals surface area contributed by atoms with Crippen LogP contribution in [0, 0.1) is 5.92 Å². The number of fused-ring (bicyclic) bond motifs is 3. The molecule has 4 nitrogen and oxygen atoms in total. The van der Waals surface area contributed by atoms with Crippen LogP contribution in [0.4, 0.5) is 0 Å². The summed E-state index contributed by atoms with van der Waals surface area (Å²) in [7, 11) is 0. The van der Waals surface area contributed by atoms with Crippen molar-refractivity contribution < 1.29 is 0 Å². The van der Waals surface area contributed by atoms with Gasteiger partial charge in [-0.1, -0.05) is 60.1 Å². The van der Waals surface area contributed by atoms with Gasteiger partial charge in [0, 0.05) is 11.6 Å². The van der Waals surface area contributed by atoms with E-state index in [1.807, 2.05) is 42.5 Å². The SMILES string of the molecule is CC(C)C(Br)c1nc2c(sc3ncccc32)c(=O)n1Cc1ccccc1. The topological polar surface area (TPSA) is 47.8 Å². The average Bonchev–Trinajstić information content (AvgIpc) is 3.03. The Morgan fingerprint density at radius 1 is 1.15 bits per heavy atom. The van der Waals surface area contributed by atoms with Crippen molar-refractivity contribution in [3.8, 4) is 0 Å². The van der Waals surface area contributed by atoms with Crippen LogP contribution in [0.3, 0.4) is 0 Å². The highest BCUT2D eigenvalue weighted by molar-refractivity contribution is 9.09. The second kappa shape index (κ2) is 6.93. The van der Waals surface area contributed by atoms with Crippen molar-refractivity contribution in [3.05, 3.63) is 70.4 Å². The van der Waals surface area contributed by atoms with Gasteiger partial charge < -0.3 is 0 Å². The number of alkyl halides is 1. The van der Waals surface area contributed by atoms with Crippen LogP contribution in [-0.2, 0) is 6.54 Å². The van der Waals surface area contributed by atoms with Crippen LogP contribution in [0.2, 0.25) is 0 Å². The molecule has 1 aromatic carbocycles. The Bertz CT molecular complexity index is 1130. The lowest BCUT2D eigenvalue weighted by molar-refractivity contribution is 0.570. The number of benzene rings is 1. The molecular weight excluding hydrogens is 410 g/mol. The molecule has 4 rings (SSSR count). The first-order chi connectivity index (χ1) is 12.6. The van der Waals surface area contributed by atoms with E-state index >= 15 is 0 Å². The van der Waals surface area contributed by atoms with Crippen molar-refractivity contribution in [2.75, 3.05) is 0 Å². The summed E-state index contributed by atoms with van der Waals surface area (Å²) in [6.07, 6.45) is 1.75. The molecule has 3 aromatic heterocycles. The van der Waals surface area contributed by atoms with E-state index in [2.05, 4.69) is 34.8 Å². The Labute approximate surface area is 163 Å². The molecule has 1 atom stereocenters. The minimum absolute atomic E-state index is 0.00181. The number of halogens is 1. The summed E-state index contributed by atoms with van der Waals surface area (Å²) in [6.45, 7) is 4.75. The van der Waals surface area contributed by atoms with Crippen molar-refractivity contribution in [2.45, 2.75) is 25.2 Å². The molecule has 0 saturated heterocycles. The highest BCUT2D eigenvalue weighted by atomic mass is 79.9. The number of thiophene rings is 1. The van der Waals surface area contributed by atoms with E-state index < -0.39 is 0 Å². The average molecular weight is 428 g/mol. The molecule has 0 aliphatic rings. The lowest BCUT2D eigenvalue weighted by Crippen LogP contribution is -2.27. The maximum absolute atomic E-state index is 13.3. The standard InChI is InChI=1S/C20H18BrN3OS/c1-12(2)15(21)18-23-16-14-9-6-10-22-19(14)26-17(16)20(25)24(18)11-13-7-4-3-5-8-13/h3-10,12,15H,11H2,1-2H3. The summed E-state index contributed by atoms with van der Waals surface area (Å²) in [5.74, 6) is 1.08. The largest absolute Gasteiger partial charge is 0.290 e. The predicted molar refractivity (Wildman–Crippen MR) is 111 cm³/mol. The fourth-order valence-electron chi connectivity index (χ4n) is 3.00. The Balaban J connectivity index is 2.01. The predicted octanol–water partition coefficient (Wildman–Crippen LogP) is 5.15. The molecule has 0 aliphatic heterocycles. The number of aromatic nitrogens is 3. The minimum Gasteiger partial charge on any atom is -0.290 e. The van der Waals surface area contributed by atoms with Crippen LogP contribution < -0.4 is 5.56 Å². The second-order valence-electron chi connectivity index (χ2n) is 6.63. The quantitative estimate of drug-likeness (QED) is 0.423. The smallest absolute Gasteiger partial charge is 0.271 e. The molecule has 0 radical (unpaired) electrons. The van der Waals surface area contributed by atoms with E-state index in [1.54, 1.807) is 10.8 Å². The molecule has 132 valence electrons. The minimum atomic E-state index is -0.00469. The summed E-state index contributed by atoms with van der Waals surface area (Å²) >= 11 is 5.17. The number of rotatable bonds is 4. The van der Waals surface area contributed by atoms with Crippen LogP contribution >= 0.6 is 27.3 Å². The van der Waals surface area contributed by atoms with E-state index in [1.165, 1.54) is 11.3 Å². The third-order valence-corrected chi connectivity index (χ3v) is 6.96. The van der Waals surface area contributed by atoms with Crippen molar-refractivity contribution in [3.63, 3.8) is 0 Å². The zero-order valence-electron chi connectivity index (χ0n) is 14.5. The maximum atomic E-state index is 13.3. The molecule has 0 fully saturated rings. The molecule has 4 aromatic rings. The number of hydrogen-bond acceptors (Lipinski definition) is 4. The van der Waals surface area contributed by atoms with Gasteiger partial charge in [-0.25, -0.2) is 9.97 Å². The van der Waals surface area contributed by atoms with Crippen LogP contribution in [0.1, 0.15) is 30.1 Å². The van der Waals surface area contributed by atoms with Gasteiger partial charge in [-0.05, 0) is 23.6 Å². The van der Waals surface area contributed by atoms with Crippen LogP contribution in [-0.4, -0.2) is 14.5 Å². The maximum Gasteiger partial charge on any atom is 0.271 e. The third kappa shape index (κ3) is 2.97. The number of pyridine rings is 1. The van der Waals surface area contributed by atoms with Gasteiger partial charge in [0.2, 0.25) is 0 Å². The van der Waals surface area contributed by atoms with Crippen molar-refractivity contribution in [2.24, 2.45) is 5.92 Å². The Kier molecular flexibility index (Phi) is 4.63. The zero-order chi connectivity index (χ0) is 18.3. The molecular formula is C20H18BrN3OS. The molecule has 1 unspecified atom stereocenters. The molecule has 0 spiro atoms. The highest BCUT2D eigenvalue weighted by Crippen LogP contribution is 2.33. The fraction of sp³-hybridized carbons (Fsp3) is 0.250. The molecule has 0 aliphatic carbocycles. The highest BCUT2D eigenvalue weighted by Gasteiger charge is 2.23. The Hall–Kier alpha value is -2.05. The van der Waals surface area contributed by atoms with Crippen LogP contribution in [0.25, 0.3) is 20.4 Å². The van der Waals surface area contributed by atoms with Crippen molar-refractivity contribution >= 4 is 47.7 Å². The molecule has 0 saturated carbocycles. The first kappa shape index (κ1) is 17.4. The van der Waals surface area contributed by atoms with Gasteiger partial charge >= 0.3 is 0 Å². The summed E-state index contributed by atoms with van der Waals surface area (Å²) in [4.78, 5) is 23.5. The van der Waals surface area contributed by atoms with Gasteiger partial charge in [0.1, 0.15) is 15.4 Å². The summed E-state index contributed by atoms with van der Waals surface area (Å²) in [5, 5.41) is 0.946. The first-order valence-corrected chi connectivity index (χ1v) is 10.3. The van der Waals surface area contributed by atoms with Gasteiger partial charge in [0.05, 0.1) is 16.9 Å². The molecule has 0 bridgehead atoms. The normalized spacial score (nSPS) is 12.9. The monoisotopic (exact) mass is 427 g/mol. The zero-order valence-corrected chi connectivity index (χ0v) is 16.9. The molecule has 6 heteroatoms. The molecule has 3 heterocycles. The van der Waals surface area contributed by atoms with E-state index in [0.29, 0.717) is 17.2 Å². The van der Waals surface area contributed by atoms with E-state index in [0.717, 1.165) is 27.1 Å². The fourth-order valence-corrected chi connectivity index (χ4v) is 4.39. The van der Waals surface area contributed by atoms with E-state index in [9.17, 15) is 4.79 Å². The molecule has 26 heavy (non-hydrogen) atoms. The Morgan fingerprint density at radius 2 is 1.92 bits per heavy atom. The van der Waals surface area contributed by atoms with Gasteiger partial charge in [-0.15, -0.1) is 11.3 Å². The second-order valence-corrected chi connectivity index (χ2v) is 8.61. The van der Waals surface area contributed by atoms with Gasteiger partial charge in [0.15, 0.2) is 0 Å². The van der Waals surface area contributed by atoms with E-state index in [-0.39, 0.29) is 10.4 Å². The lowest BCUT2D eigenvalue weighted by Gasteiger charge is -2.19. The third-order valence-electron chi connectivity index (χ3n) is 4.40. The van der Waals surface area contributed by atoms with Crippen LogP contribution in [0.5, 0.6) is 0 Å². The van der Waals surface area contributed by atoms with Gasteiger partial charge in [0.25, 0.3) is 5.56 Å². The van der Waals surface area contributed by atoms with Gasteiger partial charge in [-0.2, -0.15) is 0 Å². The molecule has 0 N–H and O–H groups in total. The Morgan fingerprint density at radius 3 is 2.65 bits per heavy atom. The number of hydrogen-bond donors (Lipinski definition) is 0. The molecule has 0 amide bonds. The lowest BCUT2D eigenvalue weighted by atomic mass is 10.1. The summed E-state index contributed by atoms with van der Waals surface area (Å²) in [6, 6.07) is 13.9. The van der Waals surface area contributed by atoms with Crippen molar-refractivity contribution in [1.82, 2.24) is 14.5 Å². The van der Waals surface area contributed by atoms with Crippen LogP contribution in [0.15, 0.2) is 53.5 Å². The number of nitrogens with zero attached hydrogens (tertiary/aromatic N) is 3. The van der Waals surface area contributed by atoms with Crippen molar-refractivity contribution in [1.29, 1.82) is 0 Å². The summed E-state index contributed by atoms with van der Waals surface area (Å²) < 4.78 is 2.47. The van der Waals surface area contributed by atoms with E-state index in [4.69, 9.17) is 4.98 Å².